The predicted molar refractivity (Wildman–Crippen MR) is 96.8 cm³/mol. The zero-order valence-corrected chi connectivity index (χ0v) is 15.2. The fourth-order valence-corrected chi connectivity index (χ4v) is 3.22. The molecule has 7 heteroatoms. The van der Waals surface area contributed by atoms with Gasteiger partial charge in [-0.3, -0.25) is 9.00 Å². The first-order chi connectivity index (χ1) is 12.5. The van der Waals surface area contributed by atoms with Crippen LogP contribution in [0.15, 0.2) is 53.4 Å². The van der Waals surface area contributed by atoms with E-state index < -0.39 is 29.3 Å². The summed E-state index contributed by atoms with van der Waals surface area (Å²) in [6, 6.07) is 12.8. The van der Waals surface area contributed by atoms with Crippen molar-refractivity contribution in [1.29, 1.82) is 0 Å². The molecule has 1 amide bonds. The molecule has 26 heavy (non-hydrogen) atoms. The molecule has 0 fully saturated rings. The first-order valence-electron chi connectivity index (χ1n) is 8.17. The molecule has 0 spiro atoms. The number of benzene rings is 2. The standard InChI is InChI=1S/C19H20FNO4S/c1-2-26(24)17-10-6-4-8-15(17)19(23)25-13-18(22)21-12-11-14-7-3-5-9-16(14)20/h3-10H,2,11-13H2,1H3,(H,21,22)/t26-/m0/s1. The van der Waals surface area contributed by atoms with Gasteiger partial charge in [0, 0.05) is 12.3 Å². The number of esters is 1. The Labute approximate surface area is 154 Å². The van der Waals surface area contributed by atoms with Crippen LogP contribution in [0.5, 0.6) is 0 Å². The van der Waals surface area contributed by atoms with Gasteiger partial charge in [-0.25, -0.2) is 9.18 Å². The van der Waals surface area contributed by atoms with Gasteiger partial charge in [0.15, 0.2) is 6.61 Å². The topological polar surface area (TPSA) is 72.5 Å². The maximum Gasteiger partial charge on any atom is 0.339 e. The summed E-state index contributed by atoms with van der Waals surface area (Å²) in [4.78, 5) is 24.3. The Morgan fingerprint density at radius 2 is 1.81 bits per heavy atom. The van der Waals surface area contributed by atoms with E-state index in [-0.39, 0.29) is 17.9 Å². The molecule has 0 aliphatic heterocycles. The van der Waals surface area contributed by atoms with Crippen LogP contribution in [0.2, 0.25) is 0 Å². The molecule has 2 aromatic rings. The van der Waals surface area contributed by atoms with Gasteiger partial charge in [0.05, 0.1) is 21.3 Å². The molecule has 0 unspecified atom stereocenters. The quantitative estimate of drug-likeness (QED) is 0.718. The van der Waals surface area contributed by atoms with Crippen molar-refractivity contribution >= 4 is 22.7 Å². The molecule has 0 aromatic heterocycles. The van der Waals surface area contributed by atoms with E-state index in [1.165, 1.54) is 12.1 Å². The summed E-state index contributed by atoms with van der Waals surface area (Å²) in [5.74, 6) is -1.13. The molecule has 0 aliphatic rings. The molecule has 0 bridgehead atoms. The lowest BCUT2D eigenvalue weighted by atomic mass is 10.1. The number of rotatable bonds is 8. The maximum atomic E-state index is 13.5. The Morgan fingerprint density at radius 3 is 2.54 bits per heavy atom. The van der Waals surface area contributed by atoms with Crippen LogP contribution in [0, 0.1) is 5.82 Å². The summed E-state index contributed by atoms with van der Waals surface area (Å²) >= 11 is 0. The van der Waals surface area contributed by atoms with Crippen molar-refractivity contribution in [2.75, 3.05) is 18.9 Å². The van der Waals surface area contributed by atoms with E-state index in [1.807, 2.05) is 0 Å². The highest BCUT2D eigenvalue weighted by molar-refractivity contribution is 7.85. The van der Waals surface area contributed by atoms with Crippen LogP contribution in [-0.4, -0.2) is 35.0 Å². The van der Waals surface area contributed by atoms with Crippen molar-refractivity contribution < 1.29 is 22.9 Å². The van der Waals surface area contributed by atoms with E-state index in [0.29, 0.717) is 22.6 Å². The van der Waals surface area contributed by atoms with E-state index in [9.17, 15) is 18.2 Å². The molecular formula is C19H20FNO4S. The van der Waals surface area contributed by atoms with E-state index >= 15 is 0 Å². The molecule has 0 aliphatic carbocycles. The molecule has 5 nitrogen and oxygen atoms in total. The van der Waals surface area contributed by atoms with E-state index in [4.69, 9.17) is 4.74 Å². The molecule has 0 saturated carbocycles. The van der Waals surface area contributed by atoms with Crippen LogP contribution in [0.1, 0.15) is 22.8 Å². The van der Waals surface area contributed by atoms with Gasteiger partial charge in [0.2, 0.25) is 0 Å². The van der Waals surface area contributed by atoms with Gasteiger partial charge in [0.25, 0.3) is 5.91 Å². The minimum atomic E-state index is -1.30. The first-order valence-corrected chi connectivity index (χ1v) is 9.49. The summed E-state index contributed by atoms with van der Waals surface area (Å²) < 4.78 is 30.4. The fourth-order valence-electron chi connectivity index (χ4n) is 2.29. The minimum Gasteiger partial charge on any atom is -0.452 e. The number of carbonyl (C=O) groups excluding carboxylic acids is 2. The lowest BCUT2D eigenvalue weighted by molar-refractivity contribution is -0.124. The van der Waals surface area contributed by atoms with Crippen molar-refractivity contribution in [2.45, 2.75) is 18.2 Å². The van der Waals surface area contributed by atoms with Gasteiger partial charge in [-0.1, -0.05) is 37.3 Å². The molecule has 2 rings (SSSR count). The third kappa shape index (κ3) is 5.49. The number of hydrogen-bond donors (Lipinski definition) is 1. The number of halogens is 1. The molecule has 1 atom stereocenters. The van der Waals surface area contributed by atoms with Crippen molar-refractivity contribution in [3.63, 3.8) is 0 Å². The Hall–Kier alpha value is -2.54. The van der Waals surface area contributed by atoms with Crippen LogP contribution in [0.4, 0.5) is 4.39 Å². The molecular weight excluding hydrogens is 357 g/mol. The van der Waals surface area contributed by atoms with Crippen molar-refractivity contribution in [2.24, 2.45) is 0 Å². The zero-order chi connectivity index (χ0) is 18.9. The summed E-state index contributed by atoms with van der Waals surface area (Å²) in [6.45, 7) is 1.53. The average molecular weight is 377 g/mol. The van der Waals surface area contributed by atoms with Crippen molar-refractivity contribution in [3.05, 3.63) is 65.5 Å². The van der Waals surface area contributed by atoms with Crippen LogP contribution in [-0.2, 0) is 26.8 Å². The van der Waals surface area contributed by atoms with Gasteiger partial charge in [-0.15, -0.1) is 0 Å². The molecule has 0 radical (unpaired) electrons. The number of hydrogen-bond acceptors (Lipinski definition) is 4. The summed E-state index contributed by atoms with van der Waals surface area (Å²) in [7, 11) is -1.30. The molecule has 2 aromatic carbocycles. The Kier molecular flexibility index (Phi) is 7.47. The average Bonchev–Trinajstić information content (AvgIpc) is 2.67. The summed E-state index contributed by atoms with van der Waals surface area (Å²) in [5, 5.41) is 2.57. The SMILES string of the molecule is CC[S@](=O)c1ccccc1C(=O)OCC(=O)NCCc1ccccc1F. The monoisotopic (exact) mass is 377 g/mol. The van der Waals surface area contributed by atoms with Crippen LogP contribution in [0.3, 0.4) is 0 Å². The van der Waals surface area contributed by atoms with E-state index in [2.05, 4.69) is 5.32 Å². The van der Waals surface area contributed by atoms with Crippen LogP contribution >= 0.6 is 0 Å². The molecule has 0 saturated heterocycles. The smallest absolute Gasteiger partial charge is 0.339 e. The Morgan fingerprint density at radius 1 is 1.12 bits per heavy atom. The maximum absolute atomic E-state index is 13.5. The van der Waals surface area contributed by atoms with Gasteiger partial charge in [-0.05, 0) is 30.2 Å². The highest BCUT2D eigenvalue weighted by Crippen LogP contribution is 2.15. The first kappa shape index (κ1) is 19.8. The van der Waals surface area contributed by atoms with Gasteiger partial charge >= 0.3 is 5.97 Å². The van der Waals surface area contributed by atoms with E-state index in [0.717, 1.165) is 0 Å². The lowest BCUT2D eigenvalue weighted by Crippen LogP contribution is -2.30. The van der Waals surface area contributed by atoms with Crippen LogP contribution < -0.4 is 5.32 Å². The predicted octanol–water partition coefficient (Wildman–Crippen LogP) is 2.47. The highest BCUT2D eigenvalue weighted by atomic mass is 32.2. The van der Waals surface area contributed by atoms with Crippen molar-refractivity contribution in [3.8, 4) is 0 Å². The lowest BCUT2D eigenvalue weighted by Gasteiger charge is -2.09. The second-order valence-corrected chi connectivity index (χ2v) is 7.11. The number of amides is 1. The molecule has 1 N–H and O–H groups in total. The highest BCUT2D eigenvalue weighted by Gasteiger charge is 2.17. The second kappa shape index (κ2) is 9.82. The van der Waals surface area contributed by atoms with Crippen LogP contribution in [0.25, 0.3) is 0 Å². The summed E-state index contributed by atoms with van der Waals surface area (Å²) in [6.07, 6.45) is 0.338. The van der Waals surface area contributed by atoms with E-state index in [1.54, 1.807) is 43.3 Å². The van der Waals surface area contributed by atoms with Gasteiger partial charge < -0.3 is 10.1 Å². The van der Waals surface area contributed by atoms with Gasteiger partial charge in [-0.2, -0.15) is 0 Å². The normalized spacial score (nSPS) is 11.6. The molecule has 138 valence electrons. The molecule has 0 heterocycles. The third-order valence-electron chi connectivity index (χ3n) is 3.62. The van der Waals surface area contributed by atoms with Crippen molar-refractivity contribution in [1.82, 2.24) is 5.32 Å². The van der Waals surface area contributed by atoms with Gasteiger partial charge in [0.1, 0.15) is 5.82 Å². The Bertz CT molecular complexity index is 810. The number of carbonyl (C=O) groups is 2. The number of nitrogens with one attached hydrogen (secondary N) is 1. The second-order valence-electron chi connectivity index (χ2n) is 5.40. The number of ether oxygens (including phenoxy) is 1. The zero-order valence-electron chi connectivity index (χ0n) is 14.4. The fraction of sp³-hybridized carbons (Fsp3) is 0.263. The summed E-state index contributed by atoms with van der Waals surface area (Å²) in [5.41, 5.74) is 0.688. The minimum absolute atomic E-state index is 0.187. The Balaban J connectivity index is 1.83. The largest absolute Gasteiger partial charge is 0.452 e. The third-order valence-corrected chi connectivity index (χ3v) is 4.99.